The van der Waals surface area contributed by atoms with Gasteiger partial charge in [0.15, 0.2) is 10.8 Å². The number of hydrogen-bond donors (Lipinski definition) is 1. The lowest BCUT2D eigenvalue weighted by molar-refractivity contribution is 0.0948. The van der Waals surface area contributed by atoms with Crippen LogP contribution >= 0.6 is 11.8 Å². The van der Waals surface area contributed by atoms with Crippen LogP contribution in [-0.4, -0.2) is 40.7 Å². The molecule has 0 radical (unpaired) electrons. The van der Waals surface area contributed by atoms with Crippen molar-refractivity contribution in [3.05, 3.63) is 89.4 Å². The lowest BCUT2D eigenvalue weighted by Crippen LogP contribution is -2.25. The molecular weight excluding hydrogens is 439 g/mol. The second kappa shape index (κ2) is 11.1. The van der Waals surface area contributed by atoms with E-state index in [-0.39, 0.29) is 11.7 Å². The lowest BCUT2D eigenvalue weighted by Gasteiger charge is -2.10. The molecule has 170 valence electrons. The van der Waals surface area contributed by atoms with E-state index < -0.39 is 0 Å². The molecule has 2 aromatic carbocycles. The van der Waals surface area contributed by atoms with Gasteiger partial charge in [0.05, 0.1) is 6.54 Å². The van der Waals surface area contributed by atoms with Crippen LogP contribution in [0.25, 0.3) is 11.2 Å². The highest BCUT2D eigenvalue weighted by Crippen LogP contribution is 2.27. The summed E-state index contributed by atoms with van der Waals surface area (Å²) in [6, 6.07) is 17.9. The third kappa shape index (κ3) is 5.97. The Bertz CT molecular complexity index is 1230. The largest absolute Gasteiger partial charge is 0.385 e. The van der Waals surface area contributed by atoms with Crippen LogP contribution in [0.1, 0.15) is 27.9 Å². The fourth-order valence-corrected chi connectivity index (χ4v) is 4.37. The van der Waals surface area contributed by atoms with Gasteiger partial charge in [0.2, 0.25) is 0 Å². The first-order valence-electron chi connectivity index (χ1n) is 10.7. The molecule has 0 aliphatic rings. The van der Waals surface area contributed by atoms with Crippen molar-refractivity contribution in [3.63, 3.8) is 0 Å². The highest BCUT2D eigenvalue weighted by atomic mass is 32.2. The van der Waals surface area contributed by atoms with Gasteiger partial charge in [-0.1, -0.05) is 36.0 Å². The van der Waals surface area contributed by atoms with Crippen molar-refractivity contribution < 1.29 is 13.9 Å². The van der Waals surface area contributed by atoms with Gasteiger partial charge in [0, 0.05) is 37.8 Å². The summed E-state index contributed by atoms with van der Waals surface area (Å²) < 4.78 is 20.6. The van der Waals surface area contributed by atoms with Crippen LogP contribution in [0.3, 0.4) is 0 Å². The number of carbonyl (C=O) groups is 1. The normalized spacial score (nSPS) is 11.1. The van der Waals surface area contributed by atoms with Crippen molar-refractivity contribution in [1.29, 1.82) is 0 Å². The number of carbonyl (C=O) groups excluding carboxylic acids is 1. The predicted octanol–water partition coefficient (Wildman–Crippen LogP) is 4.68. The summed E-state index contributed by atoms with van der Waals surface area (Å²) in [6.45, 7) is 1.76. The molecule has 1 amide bonds. The maximum atomic E-state index is 13.5. The zero-order chi connectivity index (χ0) is 23.0. The summed E-state index contributed by atoms with van der Waals surface area (Å²) in [6.07, 6.45) is 2.52. The molecule has 0 bridgehead atoms. The molecule has 4 rings (SSSR count). The molecule has 0 spiro atoms. The molecule has 0 atom stereocenters. The van der Waals surface area contributed by atoms with Gasteiger partial charge < -0.3 is 10.1 Å². The molecule has 4 aromatic rings. The van der Waals surface area contributed by atoms with Crippen LogP contribution in [-0.2, 0) is 17.0 Å². The third-order valence-corrected chi connectivity index (χ3v) is 6.14. The van der Waals surface area contributed by atoms with E-state index in [1.54, 1.807) is 31.1 Å². The van der Waals surface area contributed by atoms with Gasteiger partial charge in [-0.3, -0.25) is 9.36 Å². The molecule has 33 heavy (non-hydrogen) atoms. The Morgan fingerprint density at radius 2 is 1.97 bits per heavy atom. The number of ether oxygens (including phenoxy) is 1. The molecular formula is C25H25FN4O2S. The number of hydrogen-bond acceptors (Lipinski definition) is 5. The van der Waals surface area contributed by atoms with E-state index in [0.717, 1.165) is 33.9 Å². The summed E-state index contributed by atoms with van der Waals surface area (Å²) in [5.41, 5.74) is 4.15. The number of aromatic nitrogens is 3. The van der Waals surface area contributed by atoms with Crippen LogP contribution < -0.4 is 5.32 Å². The van der Waals surface area contributed by atoms with Crippen molar-refractivity contribution in [3.8, 4) is 0 Å². The second-order valence-corrected chi connectivity index (χ2v) is 8.49. The minimum Gasteiger partial charge on any atom is -0.385 e. The first-order valence-corrected chi connectivity index (χ1v) is 11.7. The van der Waals surface area contributed by atoms with Crippen LogP contribution in [0.5, 0.6) is 0 Å². The number of nitrogens with zero attached hydrogens (tertiary/aromatic N) is 3. The van der Waals surface area contributed by atoms with Crippen LogP contribution in [0.15, 0.2) is 72.0 Å². The zero-order valence-electron chi connectivity index (χ0n) is 18.3. The van der Waals surface area contributed by atoms with Crippen molar-refractivity contribution >= 4 is 28.8 Å². The Morgan fingerprint density at radius 1 is 1.12 bits per heavy atom. The molecule has 0 aliphatic carbocycles. The number of imidazole rings is 1. The smallest absolute Gasteiger partial charge is 0.251 e. The highest BCUT2D eigenvalue weighted by Gasteiger charge is 2.14. The number of fused-ring (bicyclic) bond motifs is 1. The quantitative estimate of drug-likeness (QED) is 0.273. The van der Waals surface area contributed by atoms with Gasteiger partial charge >= 0.3 is 0 Å². The average molecular weight is 465 g/mol. The van der Waals surface area contributed by atoms with Gasteiger partial charge in [-0.2, -0.15) is 0 Å². The molecule has 6 nitrogen and oxygen atoms in total. The Hall–Kier alpha value is -3.23. The van der Waals surface area contributed by atoms with E-state index >= 15 is 0 Å². The van der Waals surface area contributed by atoms with Gasteiger partial charge in [0.1, 0.15) is 11.3 Å². The summed E-state index contributed by atoms with van der Waals surface area (Å²) >= 11 is 1.55. The number of amides is 1. The van der Waals surface area contributed by atoms with E-state index in [2.05, 4.69) is 14.9 Å². The monoisotopic (exact) mass is 464 g/mol. The average Bonchev–Trinajstić information content (AvgIpc) is 3.18. The third-order valence-electron chi connectivity index (χ3n) is 5.09. The maximum Gasteiger partial charge on any atom is 0.251 e. The van der Waals surface area contributed by atoms with Crippen molar-refractivity contribution in [2.24, 2.45) is 0 Å². The Morgan fingerprint density at radius 3 is 2.76 bits per heavy atom. The van der Waals surface area contributed by atoms with Crippen molar-refractivity contribution in [2.45, 2.75) is 23.9 Å². The van der Waals surface area contributed by atoms with Crippen LogP contribution in [0.4, 0.5) is 4.39 Å². The molecule has 0 saturated heterocycles. The van der Waals surface area contributed by atoms with E-state index in [4.69, 9.17) is 9.72 Å². The lowest BCUT2D eigenvalue weighted by atomic mass is 10.1. The standard InChI is InChI=1S/C25H25FN4O2S/c1-32-14-4-13-28-24(31)20-10-8-18(9-11-20)16-30-23-22(7-3-12-27-23)29-25(30)33-17-19-5-2-6-21(26)15-19/h2-3,5-12,15H,4,13-14,16-17H2,1H3,(H,28,31). The van der Waals surface area contributed by atoms with Gasteiger partial charge in [-0.15, -0.1) is 0 Å². The van der Waals surface area contributed by atoms with Crippen molar-refractivity contribution in [2.75, 3.05) is 20.3 Å². The molecule has 0 unspecified atom stereocenters. The van der Waals surface area contributed by atoms with Crippen LogP contribution in [0.2, 0.25) is 0 Å². The molecule has 2 aromatic heterocycles. The number of halogens is 1. The van der Waals surface area contributed by atoms with Gasteiger partial charge in [-0.05, 0) is 53.9 Å². The van der Waals surface area contributed by atoms with E-state index in [9.17, 15) is 9.18 Å². The minimum atomic E-state index is -0.244. The molecule has 0 fully saturated rings. The number of rotatable bonds is 10. The number of methoxy groups -OCH3 is 1. The minimum absolute atomic E-state index is 0.0984. The van der Waals surface area contributed by atoms with Gasteiger partial charge in [-0.25, -0.2) is 14.4 Å². The summed E-state index contributed by atoms with van der Waals surface area (Å²) in [5, 5.41) is 3.71. The van der Waals surface area contributed by atoms with Crippen LogP contribution in [0, 0.1) is 5.82 Å². The molecule has 0 aliphatic heterocycles. The highest BCUT2D eigenvalue weighted by molar-refractivity contribution is 7.98. The summed E-state index contributed by atoms with van der Waals surface area (Å²) in [5.74, 6) is 0.258. The topological polar surface area (TPSA) is 69.0 Å². The number of pyridine rings is 1. The molecule has 8 heteroatoms. The molecule has 1 N–H and O–H groups in total. The fraction of sp³-hybridized carbons (Fsp3) is 0.240. The molecule has 2 heterocycles. The van der Waals surface area contributed by atoms with E-state index in [1.165, 1.54) is 12.1 Å². The Balaban J connectivity index is 1.49. The first kappa shape index (κ1) is 22.9. The maximum absolute atomic E-state index is 13.5. The summed E-state index contributed by atoms with van der Waals surface area (Å²) in [4.78, 5) is 21.6. The fourth-order valence-electron chi connectivity index (χ4n) is 3.43. The Labute approximate surface area is 196 Å². The summed E-state index contributed by atoms with van der Waals surface area (Å²) in [7, 11) is 1.64. The molecule has 0 saturated carbocycles. The zero-order valence-corrected chi connectivity index (χ0v) is 19.1. The second-order valence-electron chi connectivity index (χ2n) is 7.54. The number of nitrogens with one attached hydrogen (secondary N) is 1. The SMILES string of the molecule is COCCCNC(=O)c1ccc(Cn2c(SCc3cccc(F)c3)nc3cccnc32)cc1. The number of thioether (sulfide) groups is 1. The first-order chi connectivity index (χ1) is 16.1. The van der Waals surface area contributed by atoms with E-state index in [1.807, 2.05) is 42.5 Å². The van der Waals surface area contributed by atoms with E-state index in [0.29, 0.717) is 31.0 Å². The van der Waals surface area contributed by atoms with Crippen molar-refractivity contribution in [1.82, 2.24) is 19.9 Å². The number of benzene rings is 2. The predicted molar refractivity (Wildman–Crippen MR) is 128 cm³/mol. The van der Waals surface area contributed by atoms with Gasteiger partial charge in [0.25, 0.3) is 5.91 Å². The Kier molecular flexibility index (Phi) is 7.70.